The lowest BCUT2D eigenvalue weighted by atomic mass is 9.76. The van der Waals surface area contributed by atoms with Gasteiger partial charge in [-0.25, -0.2) is 0 Å². The summed E-state index contributed by atoms with van der Waals surface area (Å²) in [5, 5.41) is 9.30. The second kappa shape index (κ2) is 7.64. The molecular formula is C22H30N2O4. The first-order valence-electron chi connectivity index (χ1n) is 10.5. The number of carbonyl (C=O) groups excluding carboxylic acids is 1. The van der Waals surface area contributed by atoms with Gasteiger partial charge in [0.15, 0.2) is 0 Å². The van der Waals surface area contributed by atoms with Crippen LogP contribution in [0, 0.1) is 5.92 Å². The molecular weight excluding hydrogens is 356 g/mol. The first-order valence-corrected chi connectivity index (χ1v) is 10.5. The van der Waals surface area contributed by atoms with Crippen LogP contribution in [0.1, 0.15) is 62.2 Å². The van der Waals surface area contributed by atoms with Gasteiger partial charge in [0.1, 0.15) is 12.4 Å². The van der Waals surface area contributed by atoms with Crippen molar-refractivity contribution in [1.29, 1.82) is 0 Å². The summed E-state index contributed by atoms with van der Waals surface area (Å²) in [6.45, 7) is 5.29. The van der Waals surface area contributed by atoms with Gasteiger partial charge in [-0.1, -0.05) is 0 Å². The van der Waals surface area contributed by atoms with E-state index >= 15 is 0 Å². The van der Waals surface area contributed by atoms with Crippen molar-refractivity contribution in [3.63, 3.8) is 0 Å². The number of anilines is 1. The zero-order chi connectivity index (χ0) is 19.7. The second-order valence-electron chi connectivity index (χ2n) is 8.64. The maximum Gasteiger partial charge on any atom is 0.306 e. The van der Waals surface area contributed by atoms with E-state index in [-0.39, 0.29) is 17.4 Å². The second-order valence-corrected chi connectivity index (χ2v) is 8.64. The summed E-state index contributed by atoms with van der Waals surface area (Å²) in [5.41, 5.74) is 1.66. The molecule has 28 heavy (non-hydrogen) atoms. The summed E-state index contributed by atoms with van der Waals surface area (Å²) in [4.78, 5) is 28.5. The first-order chi connectivity index (χ1) is 13.5. The average molecular weight is 386 g/mol. The van der Waals surface area contributed by atoms with Gasteiger partial charge < -0.3 is 19.6 Å². The highest BCUT2D eigenvalue weighted by Crippen LogP contribution is 2.43. The molecule has 0 radical (unpaired) electrons. The lowest BCUT2D eigenvalue weighted by Crippen LogP contribution is -2.52. The Morgan fingerprint density at radius 1 is 1.11 bits per heavy atom. The fourth-order valence-corrected chi connectivity index (χ4v) is 4.95. The van der Waals surface area contributed by atoms with Crippen LogP contribution in [0.25, 0.3) is 0 Å². The Kier molecular flexibility index (Phi) is 5.21. The van der Waals surface area contributed by atoms with Gasteiger partial charge in [-0.2, -0.15) is 0 Å². The molecule has 2 fully saturated rings. The van der Waals surface area contributed by atoms with Crippen molar-refractivity contribution in [3.05, 3.63) is 23.8 Å². The zero-order valence-corrected chi connectivity index (χ0v) is 16.7. The van der Waals surface area contributed by atoms with Crippen LogP contribution >= 0.6 is 0 Å². The molecule has 1 aliphatic carbocycles. The SMILES string of the molecule is CC1(N2CCOc3cc(C(=O)N4CCCCC4)ccc32)CCC(C(=O)O)CC1. The molecule has 1 saturated heterocycles. The number of benzene rings is 1. The van der Waals surface area contributed by atoms with Crippen molar-refractivity contribution in [1.82, 2.24) is 4.90 Å². The molecule has 1 N–H and O–H groups in total. The normalized spacial score (nSPS) is 27.7. The van der Waals surface area contributed by atoms with Gasteiger partial charge in [-0.05, 0) is 70.1 Å². The number of hydrogen-bond donors (Lipinski definition) is 1. The zero-order valence-electron chi connectivity index (χ0n) is 16.7. The number of likely N-dealkylation sites (tertiary alicyclic amines) is 1. The fourth-order valence-electron chi connectivity index (χ4n) is 4.95. The molecule has 1 saturated carbocycles. The largest absolute Gasteiger partial charge is 0.490 e. The third kappa shape index (κ3) is 3.56. The fraction of sp³-hybridized carbons (Fsp3) is 0.636. The van der Waals surface area contributed by atoms with E-state index in [1.165, 1.54) is 6.42 Å². The van der Waals surface area contributed by atoms with Crippen LogP contribution in [-0.2, 0) is 4.79 Å². The minimum atomic E-state index is -0.676. The van der Waals surface area contributed by atoms with E-state index in [4.69, 9.17) is 4.74 Å². The van der Waals surface area contributed by atoms with Crippen LogP contribution < -0.4 is 9.64 Å². The number of fused-ring (bicyclic) bond motifs is 1. The predicted octanol–water partition coefficient (Wildman–Crippen LogP) is 3.55. The van der Waals surface area contributed by atoms with Crippen molar-refractivity contribution in [2.45, 2.75) is 57.4 Å². The topological polar surface area (TPSA) is 70.1 Å². The quantitative estimate of drug-likeness (QED) is 0.860. The van der Waals surface area contributed by atoms with Crippen molar-refractivity contribution in [3.8, 4) is 5.75 Å². The molecule has 0 bridgehead atoms. The van der Waals surface area contributed by atoms with Gasteiger partial charge in [-0.15, -0.1) is 0 Å². The van der Waals surface area contributed by atoms with E-state index in [1.807, 2.05) is 23.1 Å². The van der Waals surface area contributed by atoms with Crippen molar-refractivity contribution >= 4 is 17.6 Å². The van der Waals surface area contributed by atoms with Gasteiger partial charge in [0.05, 0.1) is 18.2 Å². The number of nitrogens with zero attached hydrogens (tertiary/aromatic N) is 2. The van der Waals surface area contributed by atoms with E-state index in [2.05, 4.69) is 11.8 Å². The minimum Gasteiger partial charge on any atom is -0.490 e. The van der Waals surface area contributed by atoms with Gasteiger partial charge >= 0.3 is 5.97 Å². The van der Waals surface area contributed by atoms with Crippen LogP contribution in [0.15, 0.2) is 18.2 Å². The molecule has 1 aromatic carbocycles. The highest BCUT2D eigenvalue weighted by molar-refractivity contribution is 5.95. The Balaban J connectivity index is 1.53. The number of carboxylic acid groups (broad SMARTS) is 1. The van der Waals surface area contributed by atoms with E-state index in [1.54, 1.807) is 0 Å². The van der Waals surface area contributed by atoms with E-state index < -0.39 is 5.97 Å². The average Bonchev–Trinajstić information content (AvgIpc) is 2.73. The summed E-state index contributed by atoms with van der Waals surface area (Å²) < 4.78 is 5.92. The van der Waals surface area contributed by atoms with Gasteiger partial charge in [-0.3, -0.25) is 9.59 Å². The first kappa shape index (κ1) is 19.1. The number of carbonyl (C=O) groups is 2. The molecule has 1 aromatic rings. The Hall–Kier alpha value is -2.24. The molecule has 2 aliphatic heterocycles. The van der Waals surface area contributed by atoms with Crippen LogP contribution in [0.4, 0.5) is 5.69 Å². The van der Waals surface area contributed by atoms with Crippen molar-refractivity contribution < 1.29 is 19.4 Å². The molecule has 4 rings (SSSR count). The lowest BCUT2D eigenvalue weighted by molar-refractivity contribution is -0.143. The summed E-state index contributed by atoms with van der Waals surface area (Å²) in [7, 11) is 0. The smallest absolute Gasteiger partial charge is 0.306 e. The molecule has 6 nitrogen and oxygen atoms in total. The molecule has 0 atom stereocenters. The lowest BCUT2D eigenvalue weighted by Gasteiger charge is -2.48. The maximum atomic E-state index is 12.8. The van der Waals surface area contributed by atoms with E-state index in [0.717, 1.165) is 56.8 Å². The summed E-state index contributed by atoms with van der Waals surface area (Å²) in [6.07, 6.45) is 6.50. The number of amides is 1. The molecule has 0 unspecified atom stereocenters. The van der Waals surface area contributed by atoms with Crippen molar-refractivity contribution in [2.75, 3.05) is 31.1 Å². The van der Waals surface area contributed by atoms with Crippen molar-refractivity contribution in [2.24, 2.45) is 5.92 Å². The predicted molar refractivity (Wildman–Crippen MR) is 107 cm³/mol. The minimum absolute atomic E-state index is 0.0666. The van der Waals surface area contributed by atoms with Crippen LogP contribution in [0.2, 0.25) is 0 Å². The monoisotopic (exact) mass is 386 g/mol. The summed E-state index contributed by atoms with van der Waals surface area (Å²) in [6, 6.07) is 5.83. The number of ether oxygens (including phenoxy) is 1. The third-order valence-electron chi connectivity index (χ3n) is 6.78. The summed E-state index contributed by atoms with van der Waals surface area (Å²) in [5.74, 6) is -0.0319. The molecule has 0 aromatic heterocycles. The molecule has 152 valence electrons. The molecule has 2 heterocycles. The molecule has 0 spiro atoms. The van der Waals surface area contributed by atoms with E-state index in [0.29, 0.717) is 25.0 Å². The molecule has 3 aliphatic rings. The number of rotatable bonds is 3. The highest BCUT2D eigenvalue weighted by Gasteiger charge is 2.40. The van der Waals surface area contributed by atoms with Gasteiger partial charge in [0.25, 0.3) is 5.91 Å². The standard InChI is InChI=1S/C22H30N2O4/c1-22(9-7-16(8-10-22)21(26)27)24-13-14-28-19-15-17(5-6-18(19)24)20(25)23-11-3-2-4-12-23/h5-6,15-16H,2-4,7-14H2,1H3,(H,26,27). The number of carboxylic acids is 1. The highest BCUT2D eigenvalue weighted by atomic mass is 16.5. The number of aliphatic carboxylic acids is 1. The molecule has 1 amide bonds. The van der Waals surface area contributed by atoms with Gasteiger partial charge in [0, 0.05) is 24.2 Å². The third-order valence-corrected chi connectivity index (χ3v) is 6.78. The Morgan fingerprint density at radius 2 is 1.82 bits per heavy atom. The number of hydrogen-bond acceptors (Lipinski definition) is 4. The van der Waals surface area contributed by atoms with Crippen LogP contribution in [-0.4, -0.2) is 53.7 Å². The Bertz CT molecular complexity index is 749. The Labute approximate surface area is 166 Å². The number of piperidine rings is 1. The molecule has 6 heteroatoms. The van der Waals surface area contributed by atoms with Crippen LogP contribution in [0.5, 0.6) is 5.75 Å². The maximum absolute atomic E-state index is 12.8. The Morgan fingerprint density at radius 3 is 2.50 bits per heavy atom. The van der Waals surface area contributed by atoms with E-state index in [9.17, 15) is 14.7 Å². The van der Waals surface area contributed by atoms with Gasteiger partial charge in [0.2, 0.25) is 0 Å². The van der Waals surface area contributed by atoms with Crippen LogP contribution in [0.3, 0.4) is 0 Å². The summed E-state index contributed by atoms with van der Waals surface area (Å²) >= 11 is 0.